The van der Waals surface area contributed by atoms with Crippen LogP contribution >= 0.6 is 0 Å². The molecule has 2 heteroatoms. The van der Waals surface area contributed by atoms with Crippen LogP contribution in [0.1, 0.15) is 42.4 Å². The number of hydrogen-bond acceptors (Lipinski definition) is 2. The van der Waals surface area contributed by atoms with E-state index in [1.54, 1.807) is 5.57 Å². The summed E-state index contributed by atoms with van der Waals surface area (Å²) in [5.41, 5.74) is 9.12. The lowest BCUT2D eigenvalue weighted by Crippen LogP contribution is -2.35. The molecule has 144 valence electrons. The summed E-state index contributed by atoms with van der Waals surface area (Å²) in [7, 11) is 0. The molecule has 3 aromatic carbocycles. The summed E-state index contributed by atoms with van der Waals surface area (Å²) in [6.07, 6.45) is 4.90. The second-order valence-corrected chi connectivity index (χ2v) is 8.67. The first-order valence-electron chi connectivity index (χ1n) is 10.7. The van der Waals surface area contributed by atoms with Crippen molar-refractivity contribution in [3.05, 3.63) is 89.0 Å². The summed E-state index contributed by atoms with van der Waals surface area (Å²) in [6.45, 7) is 2.14. The number of piperidine rings is 1. The molecule has 2 atom stereocenters. The van der Waals surface area contributed by atoms with Gasteiger partial charge in [0.15, 0.2) is 0 Å². The summed E-state index contributed by atoms with van der Waals surface area (Å²) in [4.78, 5) is 0. The molecule has 3 aliphatic heterocycles. The maximum Gasteiger partial charge on any atom is 0.143 e. The molecule has 0 aromatic heterocycles. The number of hydrogen-bond donors (Lipinski definition) is 1. The highest BCUT2D eigenvalue weighted by Gasteiger charge is 2.34. The van der Waals surface area contributed by atoms with Gasteiger partial charge in [-0.05, 0) is 55.4 Å². The molecule has 2 saturated heterocycles. The zero-order valence-corrected chi connectivity index (χ0v) is 16.7. The normalized spacial score (nSPS) is 22.1. The molecule has 0 saturated carbocycles. The molecule has 3 aromatic rings. The zero-order chi connectivity index (χ0) is 19.4. The van der Waals surface area contributed by atoms with E-state index in [1.165, 1.54) is 46.2 Å². The van der Waals surface area contributed by atoms with Crippen LogP contribution in [-0.4, -0.2) is 12.1 Å². The maximum absolute atomic E-state index is 6.58. The van der Waals surface area contributed by atoms with Crippen LogP contribution in [0.2, 0.25) is 0 Å². The Morgan fingerprint density at radius 2 is 1.55 bits per heavy atom. The SMILES string of the molecule is Cc1ccc2c(c1)Oc1c(cccc1-c1ccccc1)C2=C1CC2CCC(C1)N2. The largest absolute Gasteiger partial charge is 0.455 e. The van der Waals surface area contributed by atoms with E-state index in [1.807, 2.05) is 0 Å². The molecule has 2 bridgehead atoms. The number of fused-ring (bicyclic) bond motifs is 4. The number of nitrogens with one attached hydrogen (secondary N) is 1. The molecule has 6 rings (SSSR count). The van der Waals surface area contributed by atoms with Crippen molar-refractivity contribution in [2.75, 3.05) is 0 Å². The second kappa shape index (κ2) is 6.60. The Kier molecular flexibility index (Phi) is 3.88. The molecule has 0 amide bonds. The number of aryl methyl sites for hydroxylation is 1. The van der Waals surface area contributed by atoms with Crippen molar-refractivity contribution in [3.8, 4) is 22.6 Å². The molecule has 0 aliphatic carbocycles. The second-order valence-electron chi connectivity index (χ2n) is 8.67. The lowest BCUT2D eigenvalue weighted by atomic mass is 9.83. The van der Waals surface area contributed by atoms with Gasteiger partial charge in [0.2, 0.25) is 0 Å². The van der Waals surface area contributed by atoms with Crippen molar-refractivity contribution < 1.29 is 4.74 Å². The number of benzene rings is 3. The number of ether oxygens (including phenoxy) is 1. The molecule has 0 spiro atoms. The van der Waals surface area contributed by atoms with E-state index >= 15 is 0 Å². The highest BCUT2D eigenvalue weighted by Crippen LogP contribution is 2.51. The van der Waals surface area contributed by atoms with Crippen LogP contribution in [-0.2, 0) is 0 Å². The summed E-state index contributed by atoms with van der Waals surface area (Å²) < 4.78 is 6.58. The lowest BCUT2D eigenvalue weighted by molar-refractivity contribution is 0.466. The van der Waals surface area contributed by atoms with Gasteiger partial charge < -0.3 is 10.1 Å². The maximum atomic E-state index is 6.58. The summed E-state index contributed by atoms with van der Waals surface area (Å²) in [5, 5.41) is 3.79. The van der Waals surface area contributed by atoms with E-state index in [2.05, 4.69) is 79.0 Å². The van der Waals surface area contributed by atoms with Gasteiger partial charge >= 0.3 is 0 Å². The van der Waals surface area contributed by atoms with Gasteiger partial charge in [0.05, 0.1) is 0 Å². The van der Waals surface area contributed by atoms with E-state index < -0.39 is 0 Å². The average molecular weight is 380 g/mol. The van der Waals surface area contributed by atoms with E-state index in [4.69, 9.17) is 4.74 Å². The Bertz CT molecular complexity index is 1110. The Morgan fingerprint density at radius 1 is 0.793 bits per heavy atom. The average Bonchev–Trinajstić information content (AvgIpc) is 3.09. The minimum Gasteiger partial charge on any atom is -0.455 e. The van der Waals surface area contributed by atoms with Crippen molar-refractivity contribution in [1.29, 1.82) is 0 Å². The molecule has 0 radical (unpaired) electrons. The van der Waals surface area contributed by atoms with Crippen molar-refractivity contribution in [2.45, 2.75) is 44.7 Å². The first-order chi connectivity index (χ1) is 14.3. The van der Waals surface area contributed by atoms with E-state index in [0.717, 1.165) is 24.3 Å². The van der Waals surface area contributed by atoms with Crippen LogP contribution in [0.15, 0.2) is 72.3 Å². The first-order valence-corrected chi connectivity index (χ1v) is 10.7. The number of rotatable bonds is 1. The van der Waals surface area contributed by atoms with Crippen molar-refractivity contribution >= 4 is 5.57 Å². The van der Waals surface area contributed by atoms with Crippen molar-refractivity contribution in [1.82, 2.24) is 5.32 Å². The highest BCUT2D eigenvalue weighted by molar-refractivity contribution is 5.93. The Labute approximate surface area is 172 Å². The fraction of sp³-hybridized carbons (Fsp3) is 0.259. The van der Waals surface area contributed by atoms with Crippen LogP contribution in [0.25, 0.3) is 16.7 Å². The van der Waals surface area contributed by atoms with Gasteiger partial charge in [0, 0.05) is 28.8 Å². The van der Waals surface area contributed by atoms with E-state index in [0.29, 0.717) is 12.1 Å². The topological polar surface area (TPSA) is 21.3 Å². The number of para-hydroxylation sites is 1. The Hall–Kier alpha value is -2.84. The molecule has 2 fully saturated rings. The van der Waals surface area contributed by atoms with Crippen LogP contribution in [0.5, 0.6) is 11.5 Å². The molecule has 1 N–H and O–H groups in total. The standard InChI is InChI=1S/C27H25NO/c1-17-10-13-23-25(14-17)29-27-22(18-6-3-2-4-7-18)8-5-9-24(27)26(23)19-15-20-11-12-21(16-19)28-20/h2-10,13-14,20-21,28H,11-12,15-16H2,1H3. The van der Waals surface area contributed by atoms with Gasteiger partial charge in [-0.1, -0.05) is 66.2 Å². The van der Waals surface area contributed by atoms with Gasteiger partial charge in [-0.25, -0.2) is 0 Å². The highest BCUT2D eigenvalue weighted by atomic mass is 16.5. The van der Waals surface area contributed by atoms with Crippen LogP contribution in [0.3, 0.4) is 0 Å². The summed E-state index contributed by atoms with van der Waals surface area (Å²) >= 11 is 0. The Balaban J connectivity index is 1.60. The summed E-state index contributed by atoms with van der Waals surface area (Å²) in [6, 6.07) is 25.1. The van der Waals surface area contributed by atoms with Crippen LogP contribution in [0.4, 0.5) is 0 Å². The van der Waals surface area contributed by atoms with E-state index in [9.17, 15) is 0 Å². The molecule has 2 nitrogen and oxygen atoms in total. The zero-order valence-electron chi connectivity index (χ0n) is 16.7. The predicted octanol–water partition coefficient (Wildman–Crippen LogP) is 6.48. The van der Waals surface area contributed by atoms with Gasteiger partial charge in [-0.15, -0.1) is 0 Å². The van der Waals surface area contributed by atoms with Crippen LogP contribution in [0, 0.1) is 6.92 Å². The Morgan fingerprint density at radius 3 is 2.34 bits per heavy atom. The minimum atomic E-state index is 0.633. The predicted molar refractivity (Wildman–Crippen MR) is 118 cm³/mol. The lowest BCUT2D eigenvalue weighted by Gasteiger charge is -2.31. The van der Waals surface area contributed by atoms with Crippen LogP contribution < -0.4 is 10.1 Å². The molecular weight excluding hydrogens is 354 g/mol. The third-order valence-corrected chi connectivity index (χ3v) is 6.66. The fourth-order valence-electron chi connectivity index (χ4n) is 5.35. The molecular formula is C27H25NO. The van der Waals surface area contributed by atoms with E-state index in [-0.39, 0.29) is 0 Å². The monoisotopic (exact) mass is 379 g/mol. The smallest absolute Gasteiger partial charge is 0.143 e. The van der Waals surface area contributed by atoms with Crippen molar-refractivity contribution in [2.24, 2.45) is 0 Å². The van der Waals surface area contributed by atoms with Gasteiger partial charge in [-0.3, -0.25) is 0 Å². The van der Waals surface area contributed by atoms with Crippen molar-refractivity contribution in [3.63, 3.8) is 0 Å². The molecule has 2 unspecified atom stereocenters. The van der Waals surface area contributed by atoms with Gasteiger partial charge in [0.25, 0.3) is 0 Å². The molecule has 3 aliphatic rings. The third-order valence-electron chi connectivity index (χ3n) is 6.66. The molecule has 3 heterocycles. The minimum absolute atomic E-state index is 0.633. The van der Waals surface area contributed by atoms with Gasteiger partial charge in [-0.2, -0.15) is 0 Å². The first kappa shape index (κ1) is 17.1. The van der Waals surface area contributed by atoms with Gasteiger partial charge in [0.1, 0.15) is 11.5 Å². The quantitative estimate of drug-likeness (QED) is 0.408. The summed E-state index contributed by atoms with van der Waals surface area (Å²) in [5.74, 6) is 2.00. The fourth-order valence-corrected chi connectivity index (χ4v) is 5.35. The molecule has 29 heavy (non-hydrogen) atoms. The third kappa shape index (κ3) is 2.82.